The van der Waals surface area contributed by atoms with Crippen molar-refractivity contribution in [3.63, 3.8) is 0 Å². The van der Waals surface area contributed by atoms with E-state index in [1.165, 1.54) is 0 Å². The van der Waals surface area contributed by atoms with E-state index in [0.29, 0.717) is 17.2 Å². The summed E-state index contributed by atoms with van der Waals surface area (Å²) in [6, 6.07) is 36.9. The first kappa shape index (κ1) is 59.5. The molecule has 20 nitrogen and oxygen atoms in total. The zero-order valence-electron chi connectivity index (χ0n) is 33.8. The third kappa shape index (κ3) is 18.0. The molecule has 0 aliphatic rings. The molecular formula is C44H30N14O6Re2-8. The van der Waals surface area contributed by atoms with Crippen LogP contribution >= 0.6 is 0 Å². The number of nitrogens with zero attached hydrogens (tertiary/aromatic N) is 14. The van der Waals surface area contributed by atoms with Gasteiger partial charge in [0.15, 0.2) is 0 Å². The van der Waals surface area contributed by atoms with Crippen LogP contribution in [-0.4, -0.2) is 96.5 Å². The number of carbonyl (C=O) groups excluding carboxylic acids is 6. The average molecular weight is 1220 g/mol. The molecule has 0 spiro atoms. The molecule has 22 heteroatoms. The van der Waals surface area contributed by atoms with E-state index >= 15 is 0 Å². The van der Waals surface area contributed by atoms with Crippen molar-refractivity contribution in [3.05, 3.63) is 152 Å². The Morgan fingerprint density at radius 2 is 0.742 bits per heavy atom. The summed E-state index contributed by atoms with van der Waals surface area (Å²) in [6.07, 6.45) is 10.6. The Morgan fingerprint density at radius 3 is 1.03 bits per heavy atom. The number of pyridine rings is 5. The summed E-state index contributed by atoms with van der Waals surface area (Å²) in [6.45, 7) is 19.5. The van der Waals surface area contributed by atoms with Gasteiger partial charge >= 0.3 is 0 Å². The number of rotatable bonds is 2. The molecule has 0 saturated heterocycles. The van der Waals surface area contributed by atoms with Gasteiger partial charge in [-0.25, -0.2) is 10.2 Å². The van der Waals surface area contributed by atoms with Crippen molar-refractivity contribution in [1.82, 2.24) is 66.2 Å². The predicted molar refractivity (Wildman–Crippen MR) is 234 cm³/mol. The molecule has 0 aliphatic heterocycles. The first-order valence-corrected chi connectivity index (χ1v) is 17.1. The third-order valence-electron chi connectivity index (χ3n) is 7.52. The second-order valence-corrected chi connectivity index (χ2v) is 10.8. The monoisotopic (exact) mass is 1220 g/mol. The van der Waals surface area contributed by atoms with Crippen LogP contribution in [0, 0.1) is 11.3 Å². The smallest absolute Gasteiger partial charge is 0.0991 e. The van der Waals surface area contributed by atoms with Crippen LogP contribution in [0.1, 0.15) is 5.56 Å². The van der Waals surface area contributed by atoms with Crippen LogP contribution in [0.15, 0.2) is 146 Å². The summed E-state index contributed by atoms with van der Waals surface area (Å²) in [5.41, 5.74) is 6.16. The molecule has 0 N–H and O–H groups in total. The van der Waals surface area contributed by atoms with Crippen molar-refractivity contribution < 1.29 is 69.6 Å². The van der Waals surface area contributed by atoms with Crippen molar-refractivity contribution in [2.24, 2.45) is 0 Å². The van der Waals surface area contributed by atoms with Gasteiger partial charge in [0.1, 0.15) is 0 Å². The zero-order chi connectivity index (χ0) is 47.4. The number of nitriles is 1. The van der Waals surface area contributed by atoms with E-state index in [2.05, 4.69) is 155 Å². The van der Waals surface area contributed by atoms with Crippen molar-refractivity contribution in [2.75, 3.05) is 0 Å². The Labute approximate surface area is 404 Å². The van der Waals surface area contributed by atoms with Gasteiger partial charge in [0.2, 0.25) is 0 Å². The van der Waals surface area contributed by atoms with Gasteiger partial charge in [-0.3, -0.25) is 86.5 Å². The Kier molecular flexibility index (Phi) is 33.4. The van der Waals surface area contributed by atoms with E-state index in [1.54, 1.807) is 61.4 Å². The Balaban J connectivity index is 0. The number of aromatic nitrogens is 13. The van der Waals surface area contributed by atoms with Crippen molar-refractivity contribution in [1.29, 1.82) is 5.26 Å². The predicted octanol–water partition coefficient (Wildman–Crippen LogP) is 4.17. The van der Waals surface area contributed by atoms with E-state index in [4.69, 9.17) is 34.0 Å². The maximum atomic E-state index is 8.55. The molecule has 0 aliphatic carbocycles. The first-order valence-electron chi connectivity index (χ1n) is 17.1. The van der Waals surface area contributed by atoms with Gasteiger partial charge in [0.05, 0.1) is 45.3 Å². The maximum Gasteiger partial charge on any atom is 0.0991 e. The Hall–Kier alpha value is -8.58. The molecule has 0 atom stereocenters. The quantitative estimate of drug-likeness (QED) is 0.133. The summed E-state index contributed by atoms with van der Waals surface area (Å²) >= 11 is 0. The first-order chi connectivity index (χ1) is 31.8. The number of hydrogen-bond acceptors (Lipinski definition) is 18. The summed E-state index contributed by atoms with van der Waals surface area (Å²) < 4.78 is 0. The van der Waals surface area contributed by atoms with Crippen molar-refractivity contribution in [2.45, 2.75) is 0 Å². The standard InChI is InChI=1S/2C12H8N2.C8H4N5.C6H4N5.6CHO.2Re/c2*1-3-9-5-6-10-4-2-8-14-12(10)11(9)13-7-1;9-5-6-1-3-7(4-2-6)8-10-12-13-11-8;1-2-5(4-7-3-1)6-8-10-11-9-6;6*1-2;;/h2*1-8H;1-4H;1-4H;6*1H;;/q;;8*-1;;. The van der Waals surface area contributed by atoms with Gasteiger partial charge in [0, 0.05) is 105 Å². The van der Waals surface area contributed by atoms with Gasteiger partial charge in [-0.1, -0.05) is 66.7 Å². The van der Waals surface area contributed by atoms with Gasteiger partial charge < -0.3 is 39.0 Å². The van der Waals surface area contributed by atoms with Crippen LogP contribution < -0.4 is 10.4 Å². The van der Waals surface area contributed by atoms with E-state index in [9.17, 15) is 0 Å². The van der Waals surface area contributed by atoms with Crippen LogP contribution in [0.25, 0.3) is 66.4 Å². The summed E-state index contributed by atoms with van der Waals surface area (Å²) in [5.74, 6) is 0.989. The molecule has 7 aromatic heterocycles. The van der Waals surface area contributed by atoms with Crippen molar-refractivity contribution in [3.8, 4) is 28.8 Å². The number of tetrazole rings is 2. The van der Waals surface area contributed by atoms with E-state index in [1.807, 2.05) is 42.5 Å². The van der Waals surface area contributed by atoms with E-state index < -0.39 is 0 Å². The fourth-order valence-electron chi connectivity index (χ4n) is 5.07. The minimum absolute atomic E-state index is 0. The second kappa shape index (κ2) is 37.0. The normalized spacial score (nSPS) is 8.47. The second-order valence-electron chi connectivity index (χ2n) is 10.8. The minimum atomic E-state index is 0. The third-order valence-corrected chi connectivity index (χ3v) is 7.52. The molecule has 334 valence electrons. The van der Waals surface area contributed by atoms with Crippen molar-refractivity contribution >= 4 is 84.3 Å². The van der Waals surface area contributed by atoms with Gasteiger partial charge in [-0.05, 0) is 48.0 Å². The number of fused-ring (bicyclic) bond motifs is 6. The molecule has 3 aromatic carbocycles. The molecule has 10 aromatic rings. The van der Waals surface area contributed by atoms with Crippen LogP contribution in [0.3, 0.4) is 0 Å². The topological polar surface area (TPSA) is 296 Å². The Morgan fingerprint density at radius 1 is 0.409 bits per heavy atom. The molecule has 0 bridgehead atoms. The Bertz CT molecular complexity index is 2610. The fraction of sp³-hybridized carbons (Fsp3) is 0. The fourth-order valence-corrected chi connectivity index (χ4v) is 5.07. The molecule has 0 fully saturated rings. The van der Waals surface area contributed by atoms with Crippen LogP contribution in [0.4, 0.5) is 0 Å². The molecule has 2 radical (unpaired) electrons. The van der Waals surface area contributed by atoms with E-state index in [-0.39, 0.29) is 40.8 Å². The molecular weight excluding hydrogens is 1190 g/mol. The molecule has 0 unspecified atom stereocenters. The van der Waals surface area contributed by atoms with Gasteiger partial charge in [-0.15, -0.1) is 0 Å². The molecule has 7 heterocycles. The zero-order valence-corrected chi connectivity index (χ0v) is 39.2. The molecule has 10 rings (SSSR count). The molecule has 0 saturated carbocycles. The van der Waals surface area contributed by atoms with Crippen LogP contribution in [0.5, 0.6) is 0 Å². The van der Waals surface area contributed by atoms with E-state index in [0.717, 1.165) is 54.7 Å². The van der Waals surface area contributed by atoms with Crippen LogP contribution in [0.2, 0.25) is 0 Å². The average Bonchev–Trinajstić information content (AvgIpc) is 4.18. The van der Waals surface area contributed by atoms with Gasteiger partial charge in [0.25, 0.3) is 0 Å². The summed E-state index contributed by atoms with van der Waals surface area (Å²) in [5, 5.41) is 41.3. The maximum absolute atomic E-state index is 8.55. The largest absolute Gasteiger partial charge is 0.545 e. The minimum Gasteiger partial charge on any atom is -0.545 e. The van der Waals surface area contributed by atoms with Crippen LogP contribution in [-0.2, 0) is 69.6 Å². The summed E-state index contributed by atoms with van der Waals surface area (Å²) in [4.78, 5) is 67.8. The molecule has 66 heavy (non-hydrogen) atoms. The van der Waals surface area contributed by atoms with Gasteiger partial charge in [-0.2, -0.15) is 5.26 Å². The SMILES string of the molecule is N#Cc1ccc(-c2nn[n-]n2)cc1.[CH-]=O.[CH-]=O.[CH-]=O.[CH-]=O.[CH-]=O.[CH-]=O.[Re].[Re].c1cnc2c(c1)ccc1cccnc12.c1cnc2c(c1)ccc1cccnc12.c1cncc(-c2nn[n-]n2)c1. The molecule has 0 amide bonds. The number of hydrogen-bond donors (Lipinski definition) is 0. The summed E-state index contributed by atoms with van der Waals surface area (Å²) in [7, 11) is 0. The number of benzene rings is 3.